The molecular weight excluding hydrogens is 301 g/mol. The van der Waals surface area contributed by atoms with Crippen LogP contribution in [-0.2, 0) is 11.3 Å². The first kappa shape index (κ1) is 15.1. The van der Waals surface area contributed by atoms with Gasteiger partial charge in [0.05, 0.1) is 11.0 Å². The molecular formula is C13H17BrFNO2. The predicted octanol–water partition coefficient (Wildman–Crippen LogP) is 3.13. The van der Waals surface area contributed by atoms with E-state index in [4.69, 9.17) is 5.11 Å². The SMILES string of the molecule is CC(C)CN(CC(=O)O)Cc1ccc(F)c(Br)c1. The molecule has 0 aliphatic heterocycles. The lowest BCUT2D eigenvalue weighted by Gasteiger charge is -2.22. The van der Waals surface area contributed by atoms with E-state index in [1.54, 1.807) is 12.1 Å². The molecule has 0 heterocycles. The van der Waals surface area contributed by atoms with Crippen molar-refractivity contribution >= 4 is 21.9 Å². The molecule has 0 bridgehead atoms. The number of hydrogen-bond acceptors (Lipinski definition) is 2. The van der Waals surface area contributed by atoms with Crippen LogP contribution in [0.1, 0.15) is 19.4 Å². The van der Waals surface area contributed by atoms with Crippen molar-refractivity contribution in [3.05, 3.63) is 34.1 Å². The second kappa shape index (κ2) is 6.85. The molecule has 0 saturated carbocycles. The Morgan fingerprint density at radius 2 is 2.17 bits per heavy atom. The number of carboxylic acids is 1. The third-order valence-corrected chi connectivity index (χ3v) is 2.98. The number of benzene rings is 1. The second-order valence-corrected chi connectivity index (χ2v) is 5.56. The largest absolute Gasteiger partial charge is 0.480 e. The van der Waals surface area contributed by atoms with Crippen LogP contribution in [0.2, 0.25) is 0 Å². The Morgan fingerprint density at radius 1 is 1.50 bits per heavy atom. The summed E-state index contributed by atoms with van der Waals surface area (Å²) in [6, 6.07) is 4.74. The third-order valence-electron chi connectivity index (χ3n) is 2.37. The molecule has 100 valence electrons. The van der Waals surface area contributed by atoms with Gasteiger partial charge in [0.25, 0.3) is 0 Å². The van der Waals surface area contributed by atoms with Gasteiger partial charge in [0.2, 0.25) is 0 Å². The van der Waals surface area contributed by atoms with Crippen molar-refractivity contribution in [2.75, 3.05) is 13.1 Å². The van der Waals surface area contributed by atoms with E-state index >= 15 is 0 Å². The number of carboxylic acid groups (broad SMARTS) is 1. The predicted molar refractivity (Wildman–Crippen MR) is 71.9 cm³/mol. The van der Waals surface area contributed by atoms with Crippen molar-refractivity contribution in [3.8, 4) is 0 Å². The Hall–Kier alpha value is -0.940. The van der Waals surface area contributed by atoms with E-state index in [0.717, 1.165) is 5.56 Å². The zero-order valence-corrected chi connectivity index (χ0v) is 12.1. The molecule has 0 atom stereocenters. The van der Waals surface area contributed by atoms with Crippen LogP contribution in [0.3, 0.4) is 0 Å². The van der Waals surface area contributed by atoms with Gasteiger partial charge in [-0.05, 0) is 39.5 Å². The molecule has 0 radical (unpaired) electrons. The molecule has 18 heavy (non-hydrogen) atoms. The van der Waals surface area contributed by atoms with E-state index in [0.29, 0.717) is 23.5 Å². The summed E-state index contributed by atoms with van der Waals surface area (Å²) in [5.41, 5.74) is 0.894. The molecule has 0 amide bonds. The van der Waals surface area contributed by atoms with Gasteiger partial charge >= 0.3 is 5.97 Å². The minimum atomic E-state index is -0.850. The van der Waals surface area contributed by atoms with Crippen LogP contribution < -0.4 is 0 Å². The lowest BCUT2D eigenvalue weighted by atomic mass is 10.1. The Kier molecular flexibility index (Phi) is 5.75. The summed E-state index contributed by atoms with van der Waals surface area (Å²) >= 11 is 3.13. The number of hydrogen-bond donors (Lipinski definition) is 1. The van der Waals surface area contributed by atoms with E-state index < -0.39 is 5.97 Å². The molecule has 5 heteroatoms. The molecule has 1 N–H and O–H groups in total. The average molecular weight is 318 g/mol. The summed E-state index contributed by atoms with van der Waals surface area (Å²) in [5.74, 6) is -0.780. The Balaban J connectivity index is 2.74. The zero-order chi connectivity index (χ0) is 13.7. The van der Waals surface area contributed by atoms with Crippen LogP contribution in [0.4, 0.5) is 4.39 Å². The summed E-state index contributed by atoms with van der Waals surface area (Å²) in [7, 11) is 0. The lowest BCUT2D eigenvalue weighted by molar-refractivity contribution is -0.138. The summed E-state index contributed by atoms with van der Waals surface area (Å²) in [4.78, 5) is 12.6. The first-order valence-electron chi connectivity index (χ1n) is 5.76. The maximum absolute atomic E-state index is 13.1. The van der Waals surface area contributed by atoms with E-state index in [-0.39, 0.29) is 12.4 Å². The number of halogens is 2. The maximum atomic E-state index is 13.1. The Bertz CT molecular complexity index is 423. The molecule has 1 aromatic carbocycles. The topological polar surface area (TPSA) is 40.5 Å². The van der Waals surface area contributed by atoms with Gasteiger partial charge < -0.3 is 5.11 Å². The highest BCUT2D eigenvalue weighted by Crippen LogP contribution is 2.18. The van der Waals surface area contributed by atoms with Gasteiger partial charge in [0, 0.05) is 13.1 Å². The highest BCUT2D eigenvalue weighted by molar-refractivity contribution is 9.10. The number of rotatable bonds is 6. The van der Waals surface area contributed by atoms with E-state index in [1.165, 1.54) is 6.07 Å². The van der Waals surface area contributed by atoms with Gasteiger partial charge in [-0.2, -0.15) is 0 Å². The minimum absolute atomic E-state index is 0.00677. The molecule has 0 fully saturated rings. The molecule has 0 aliphatic rings. The monoisotopic (exact) mass is 317 g/mol. The van der Waals surface area contributed by atoms with Crippen molar-refractivity contribution < 1.29 is 14.3 Å². The van der Waals surface area contributed by atoms with Crippen LogP contribution in [0.5, 0.6) is 0 Å². The van der Waals surface area contributed by atoms with E-state index in [9.17, 15) is 9.18 Å². The third kappa shape index (κ3) is 5.14. The van der Waals surface area contributed by atoms with Crippen molar-refractivity contribution in [1.82, 2.24) is 4.90 Å². The second-order valence-electron chi connectivity index (χ2n) is 4.71. The van der Waals surface area contributed by atoms with Gasteiger partial charge in [0.1, 0.15) is 5.82 Å². The van der Waals surface area contributed by atoms with Gasteiger partial charge in [-0.3, -0.25) is 9.69 Å². The van der Waals surface area contributed by atoms with Gasteiger partial charge in [-0.25, -0.2) is 4.39 Å². The van der Waals surface area contributed by atoms with E-state index in [2.05, 4.69) is 15.9 Å². The molecule has 3 nitrogen and oxygen atoms in total. The molecule has 0 spiro atoms. The highest BCUT2D eigenvalue weighted by atomic mass is 79.9. The van der Waals surface area contributed by atoms with Crippen LogP contribution in [0, 0.1) is 11.7 Å². The molecule has 1 rings (SSSR count). The van der Waals surface area contributed by atoms with Gasteiger partial charge in [-0.1, -0.05) is 19.9 Å². The summed E-state index contributed by atoms with van der Waals surface area (Å²) in [5, 5.41) is 8.86. The fourth-order valence-corrected chi connectivity index (χ4v) is 2.22. The summed E-state index contributed by atoms with van der Waals surface area (Å²) < 4.78 is 13.5. The molecule has 0 unspecified atom stereocenters. The number of aliphatic carboxylic acids is 1. The fraction of sp³-hybridized carbons (Fsp3) is 0.462. The zero-order valence-electron chi connectivity index (χ0n) is 10.5. The van der Waals surface area contributed by atoms with Gasteiger partial charge in [0.15, 0.2) is 0 Å². The molecule has 1 aromatic rings. The number of carbonyl (C=O) groups is 1. The quantitative estimate of drug-likeness (QED) is 0.876. The minimum Gasteiger partial charge on any atom is -0.480 e. The molecule has 0 aliphatic carbocycles. The van der Waals surface area contributed by atoms with Crippen LogP contribution in [-0.4, -0.2) is 29.1 Å². The summed E-state index contributed by atoms with van der Waals surface area (Å²) in [6.45, 7) is 5.27. The van der Waals surface area contributed by atoms with Crippen molar-refractivity contribution in [2.45, 2.75) is 20.4 Å². The Labute approximate surface area is 115 Å². The summed E-state index contributed by atoms with van der Waals surface area (Å²) in [6.07, 6.45) is 0. The van der Waals surface area contributed by atoms with Crippen molar-refractivity contribution in [3.63, 3.8) is 0 Å². The highest BCUT2D eigenvalue weighted by Gasteiger charge is 2.12. The van der Waals surface area contributed by atoms with Crippen LogP contribution in [0.15, 0.2) is 22.7 Å². The van der Waals surface area contributed by atoms with Crippen LogP contribution >= 0.6 is 15.9 Å². The normalized spacial score (nSPS) is 11.2. The Morgan fingerprint density at radius 3 is 2.67 bits per heavy atom. The maximum Gasteiger partial charge on any atom is 0.317 e. The average Bonchev–Trinajstić information content (AvgIpc) is 2.21. The molecule has 0 saturated heterocycles. The first-order valence-corrected chi connectivity index (χ1v) is 6.56. The lowest BCUT2D eigenvalue weighted by Crippen LogP contribution is -2.32. The van der Waals surface area contributed by atoms with Crippen molar-refractivity contribution in [2.24, 2.45) is 5.92 Å². The van der Waals surface area contributed by atoms with Gasteiger partial charge in [-0.15, -0.1) is 0 Å². The standard InChI is InChI=1S/C13H17BrFNO2/c1-9(2)6-16(8-13(17)18)7-10-3-4-12(15)11(14)5-10/h3-5,9H,6-8H2,1-2H3,(H,17,18). The van der Waals surface area contributed by atoms with E-state index in [1.807, 2.05) is 18.7 Å². The number of nitrogens with zero attached hydrogens (tertiary/aromatic N) is 1. The fourth-order valence-electron chi connectivity index (χ4n) is 1.79. The van der Waals surface area contributed by atoms with Crippen molar-refractivity contribution in [1.29, 1.82) is 0 Å². The smallest absolute Gasteiger partial charge is 0.317 e. The van der Waals surface area contributed by atoms with Crippen LogP contribution in [0.25, 0.3) is 0 Å². The first-order chi connectivity index (χ1) is 8.38. The molecule has 0 aromatic heterocycles.